The van der Waals surface area contributed by atoms with Crippen molar-refractivity contribution in [2.24, 2.45) is 5.41 Å². The average Bonchev–Trinajstić information content (AvgIpc) is 3.21. The lowest BCUT2D eigenvalue weighted by Crippen LogP contribution is -2.41. The quantitative estimate of drug-likeness (QED) is 0.548. The third-order valence-electron chi connectivity index (χ3n) is 6.56. The van der Waals surface area contributed by atoms with Crippen LogP contribution >= 0.6 is 0 Å². The molecule has 0 radical (unpaired) electrons. The first-order valence-electron chi connectivity index (χ1n) is 9.96. The van der Waals surface area contributed by atoms with Gasteiger partial charge in [-0.25, -0.2) is 0 Å². The summed E-state index contributed by atoms with van der Waals surface area (Å²) in [5.74, 6) is -1.06. The Balaban J connectivity index is 1.72. The fourth-order valence-electron chi connectivity index (χ4n) is 5.32. The third kappa shape index (κ3) is 1.87. The van der Waals surface area contributed by atoms with Gasteiger partial charge in [-0.05, 0) is 16.7 Å². The molecule has 3 aliphatic carbocycles. The van der Waals surface area contributed by atoms with Crippen LogP contribution in [-0.4, -0.2) is 17.3 Å². The molecule has 3 aromatic rings. The van der Waals surface area contributed by atoms with Crippen molar-refractivity contribution in [1.29, 1.82) is 0 Å². The normalized spacial score (nSPS) is 20.5. The van der Waals surface area contributed by atoms with Crippen molar-refractivity contribution in [2.75, 3.05) is 0 Å². The number of benzene rings is 3. The summed E-state index contributed by atoms with van der Waals surface area (Å²) in [6.07, 6.45) is 3.66. The molecular formula is C27H16O3. The van der Waals surface area contributed by atoms with Crippen LogP contribution < -0.4 is 0 Å². The molecule has 3 aliphatic rings. The van der Waals surface area contributed by atoms with E-state index in [2.05, 4.69) is 0 Å². The second kappa shape index (κ2) is 5.83. The van der Waals surface area contributed by atoms with Crippen molar-refractivity contribution >= 4 is 22.9 Å². The van der Waals surface area contributed by atoms with E-state index in [1.54, 1.807) is 36.4 Å². The van der Waals surface area contributed by atoms with E-state index >= 15 is 0 Å². The summed E-state index contributed by atoms with van der Waals surface area (Å²) < 4.78 is 0. The topological polar surface area (TPSA) is 51.2 Å². The number of ketones is 3. The highest BCUT2D eigenvalue weighted by Crippen LogP contribution is 2.60. The molecule has 142 valence electrons. The standard InChI is InChI=1S/C27H16O3/c28-24-18-11-5-4-10-17(18)23-21(24)14-15-22(16-8-2-1-3-9-16)27(23)25(29)19-12-6-7-13-20(19)26(27)30/h1-15,22H. The second-order valence-electron chi connectivity index (χ2n) is 7.92. The van der Waals surface area contributed by atoms with Crippen LogP contribution in [0, 0.1) is 5.41 Å². The predicted molar refractivity (Wildman–Crippen MR) is 114 cm³/mol. The number of carbonyl (C=O) groups is 3. The SMILES string of the molecule is O=C1C2=C(c3ccccc31)C1(C(=O)c3ccccc3C1=O)C(c1ccccc1)C=C2. The molecule has 3 heteroatoms. The van der Waals surface area contributed by atoms with Gasteiger partial charge in [0.05, 0.1) is 0 Å². The van der Waals surface area contributed by atoms with Gasteiger partial charge in [0.2, 0.25) is 0 Å². The number of carbonyl (C=O) groups excluding carboxylic acids is 3. The molecule has 0 aromatic heterocycles. The molecule has 3 nitrogen and oxygen atoms in total. The largest absolute Gasteiger partial charge is 0.293 e. The van der Waals surface area contributed by atoms with Gasteiger partial charge in [-0.2, -0.15) is 0 Å². The first-order valence-corrected chi connectivity index (χ1v) is 9.96. The Bertz CT molecular complexity index is 1310. The van der Waals surface area contributed by atoms with Crippen LogP contribution in [0.4, 0.5) is 0 Å². The van der Waals surface area contributed by atoms with E-state index in [4.69, 9.17) is 0 Å². The van der Waals surface area contributed by atoms with Crippen LogP contribution in [0.1, 0.15) is 48.1 Å². The minimum atomic E-state index is -1.46. The molecule has 0 amide bonds. The first-order chi connectivity index (χ1) is 14.7. The lowest BCUT2D eigenvalue weighted by molar-refractivity contribution is 0.0753. The maximum Gasteiger partial charge on any atom is 0.193 e. The van der Waals surface area contributed by atoms with Crippen LogP contribution in [0.2, 0.25) is 0 Å². The van der Waals surface area contributed by atoms with Crippen molar-refractivity contribution in [2.45, 2.75) is 5.92 Å². The molecule has 0 aliphatic heterocycles. The van der Waals surface area contributed by atoms with E-state index in [1.165, 1.54) is 0 Å². The van der Waals surface area contributed by atoms with Gasteiger partial charge in [0.25, 0.3) is 0 Å². The lowest BCUT2D eigenvalue weighted by Gasteiger charge is -2.37. The minimum Gasteiger partial charge on any atom is -0.293 e. The molecule has 0 bridgehead atoms. The molecule has 0 saturated carbocycles. The maximum absolute atomic E-state index is 14.0. The van der Waals surface area contributed by atoms with Gasteiger partial charge in [0, 0.05) is 28.2 Å². The van der Waals surface area contributed by atoms with E-state index in [0.29, 0.717) is 33.4 Å². The van der Waals surface area contributed by atoms with Crippen molar-refractivity contribution < 1.29 is 14.4 Å². The summed E-state index contributed by atoms with van der Waals surface area (Å²) in [7, 11) is 0. The summed E-state index contributed by atoms with van der Waals surface area (Å²) in [5.41, 5.74) is 2.55. The summed E-state index contributed by atoms with van der Waals surface area (Å²) in [4.78, 5) is 41.2. The molecule has 3 aromatic carbocycles. The smallest absolute Gasteiger partial charge is 0.193 e. The monoisotopic (exact) mass is 388 g/mol. The van der Waals surface area contributed by atoms with Crippen LogP contribution in [0.15, 0.2) is 96.6 Å². The van der Waals surface area contributed by atoms with E-state index in [1.807, 2.05) is 54.6 Å². The summed E-state index contributed by atoms with van der Waals surface area (Å²) in [5, 5.41) is 0. The number of fused-ring (bicyclic) bond motifs is 4. The first kappa shape index (κ1) is 17.0. The zero-order chi connectivity index (χ0) is 20.5. The van der Waals surface area contributed by atoms with Crippen molar-refractivity contribution in [3.8, 4) is 0 Å². The highest BCUT2D eigenvalue weighted by Gasteiger charge is 2.62. The fraction of sp³-hybridized carbons (Fsp3) is 0.0741. The average molecular weight is 388 g/mol. The minimum absolute atomic E-state index is 0.126. The molecule has 0 heterocycles. The predicted octanol–water partition coefficient (Wildman–Crippen LogP) is 5.06. The highest BCUT2D eigenvalue weighted by molar-refractivity contribution is 6.40. The van der Waals surface area contributed by atoms with Crippen LogP contribution in [0.5, 0.6) is 0 Å². The molecule has 0 saturated heterocycles. The Morgan fingerprint density at radius 3 is 1.77 bits per heavy atom. The molecule has 30 heavy (non-hydrogen) atoms. The summed E-state index contributed by atoms with van der Waals surface area (Å²) >= 11 is 0. The maximum atomic E-state index is 14.0. The van der Waals surface area contributed by atoms with E-state index in [9.17, 15) is 14.4 Å². The molecule has 6 rings (SSSR count). The molecule has 1 spiro atoms. The van der Waals surface area contributed by atoms with Gasteiger partial charge in [0.15, 0.2) is 17.3 Å². The second-order valence-corrected chi connectivity index (χ2v) is 7.92. The van der Waals surface area contributed by atoms with Crippen molar-refractivity contribution in [1.82, 2.24) is 0 Å². The Morgan fingerprint density at radius 1 is 0.600 bits per heavy atom. The van der Waals surface area contributed by atoms with Gasteiger partial charge < -0.3 is 0 Å². The van der Waals surface area contributed by atoms with Crippen LogP contribution in [-0.2, 0) is 0 Å². The number of allylic oxidation sites excluding steroid dienone is 4. The Kier molecular flexibility index (Phi) is 3.31. The van der Waals surface area contributed by atoms with Crippen LogP contribution in [0.3, 0.4) is 0 Å². The van der Waals surface area contributed by atoms with Gasteiger partial charge in [-0.15, -0.1) is 0 Å². The number of hydrogen-bond acceptors (Lipinski definition) is 3. The Morgan fingerprint density at radius 2 is 1.13 bits per heavy atom. The molecule has 0 N–H and O–H groups in total. The molecule has 1 atom stereocenters. The van der Waals surface area contributed by atoms with Gasteiger partial charge >= 0.3 is 0 Å². The number of hydrogen-bond donors (Lipinski definition) is 0. The highest BCUT2D eigenvalue weighted by atomic mass is 16.2. The molecule has 0 fully saturated rings. The molecular weight excluding hydrogens is 372 g/mol. The zero-order valence-corrected chi connectivity index (χ0v) is 16.0. The number of Topliss-reactive ketones (excluding diaryl/α,β-unsaturated/α-hetero) is 3. The number of rotatable bonds is 1. The van der Waals surface area contributed by atoms with E-state index < -0.39 is 11.3 Å². The summed E-state index contributed by atoms with van der Waals surface area (Å²) in [6.45, 7) is 0. The van der Waals surface area contributed by atoms with Crippen molar-refractivity contribution in [3.63, 3.8) is 0 Å². The van der Waals surface area contributed by atoms with Crippen LogP contribution in [0.25, 0.3) is 5.57 Å². The third-order valence-corrected chi connectivity index (χ3v) is 6.56. The molecule has 1 unspecified atom stereocenters. The fourth-order valence-corrected chi connectivity index (χ4v) is 5.32. The van der Waals surface area contributed by atoms with Gasteiger partial charge in [0.1, 0.15) is 5.41 Å². The zero-order valence-electron chi connectivity index (χ0n) is 16.0. The van der Waals surface area contributed by atoms with E-state index in [-0.39, 0.29) is 17.3 Å². The van der Waals surface area contributed by atoms with Gasteiger partial charge in [-0.1, -0.05) is 91.0 Å². The van der Waals surface area contributed by atoms with E-state index in [0.717, 1.165) is 5.56 Å². The van der Waals surface area contributed by atoms with Crippen molar-refractivity contribution in [3.05, 3.63) is 124 Å². The Labute approximate surface area is 173 Å². The van der Waals surface area contributed by atoms with Gasteiger partial charge in [-0.3, -0.25) is 14.4 Å². The summed E-state index contributed by atoms with van der Waals surface area (Å²) in [6, 6.07) is 23.9. The Hall–Kier alpha value is -3.85. The lowest BCUT2D eigenvalue weighted by atomic mass is 9.60.